The largest absolute Gasteiger partial charge is 0.314 e. The van der Waals surface area contributed by atoms with Gasteiger partial charge < -0.3 is 5.32 Å². The number of nitrogens with one attached hydrogen (secondary N) is 1. The van der Waals surface area contributed by atoms with E-state index < -0.39 is 0 Å². The molecule has 1 fully saturated rings. The molecule has 2 aromatic rings. The number of aryl methyl sites for hydroxylation is 2. The Bertz CT molecular complexity index is 558. The number of hydrogen-bond acceptors (Lipinski definition) is 4. The predicted octanol–water partition coefficient (Wildman–Crippen LogP) is 3.68. The zero-order chi connectivity index (χ0) is 13.9. The average Bonchev–Trinajstić information content (AvgIpc) is 2.81. The van der Waals surface area contributed by atoms with Gasteiger partial charge in [0, 0.05) is 43.2 Å². The minimum absolute atomic E-state index is 0. The number of thiazole rings is 1. The van der Waals surface area contributed by atoms with Crippen LogP contribution >= 0.6 is 36.2 Å². The zero-order valence-corrected chi connectivity index (χ0v) is 15.4. The molecule has 3 nitrogen and oxygen atoms in total. The number of benzene rings is 1. The van der Waals surface area contributed by atoms with Crippen LogP contribution in [0.3, 0.4) is 0 Å². The van der Waals surface area contributed by atoms with E-state index in [2.05, 4.69) is 53.3 Å². The van der Waals surface area contributed by atoms with E-state index in [1.807, 2.05) is 0 Å². The maximum absolute atomic E-state index is 4.63. The molecule has 0 unspecified atom stereocenters. The second kappa shape index (κ2) is 8.85. The van der Waals surface area contributed by atoms with Gasteiger partial charge in [-0.2, -0.15) is 0 Å². The topological polar surface area (TPSA) is 28.2 Å². The Morgan fingerprint density at radius 1 is 1.09 bits per heavy atom. The Labute approximate surface area is 149 Å². The summed E-state index contributed by atoms with van der Waals surface area (Å²) in [5.74, 6) is 0. The number of halogens is 2. The van der Waals surface area contributed by atoms with Gasteiger partial charge in [-0.05, 0) is 19.4 Å². The first-order chi connectivity index (χ1) is 9.72. The lowest BCUT2D eigenvalue weighted by atomic mass is 10.1. The summed E-state index contributed by atoms with van der Waals surface area (Å²) in [6, 6.07) is 8.89. The Hall–Kier alpha value is -0.650. The fourth-order valence-corrected chi connectivity index (χ4v) is 3.40. The SMILES string of the molecule is Cc1nc(-c2ccc(CN3CCNCC3)cc2)sc1C.Cl.Cl. The molecule has 0 saturated carbocycles. The van der Waals surface area contributed by atoms with Crippen molar-refractivity contribution in [2.75, 3.05) is 26.2 Å². The van der Waals surface area contributed by atoms with Gasteiger partial charge in [-0.25, -0.2) is 4.98 Å². The molecule has 0 amide bonds. The first-order valence-corrected chi connectivity index (χ1v) is 8.00. The van der Waals surface area contributed by atoms with E-state index in [-0.39, 0.29) is 24.8 Å². The van der Waals surface area contributed by atoms with Crippen molar-refractivity contribution in [2.45, 2.75) is 20.4 Å². The summed E-state index contributed by atoms with van der Waals surface area (Å²) < 4.78 is 0. The molecule has 1 saturated heterocycles. The van der Waals surface area contributed by atoms with Gasteiger partial charge in [0.25, 0.3) is 0 Å². The molecule has 1 aliphatic heterocycles. The molecule has 0 atom stereocenters. The van der Waals surface area contributed by atoms with Crippen molar-refractivity contribution >= 4 is 36.2 Å². The van der Waals surface area contributed by atoms with E-state index in [0.29, 0.717) is 0 Å². The lowest BCUT2D eigenvalue weighted by Gasteiger charge is -2.27. The summed E-state index contributed by atoms with van der Waals surface area (Å²) in [5.41, 5.74) is 3.77. The minimum Gasteiger partial charge on any atom is -0.314 e. The van der Waals surface area contributed by atoms with Crippen LogP contribution in [-0.2, 0) is 6.54 Å². The highest BCUT2D eigenvalue weighted by Gasteiger charge is 2.10. The van der Waals surface area contributed by atoms with Gasteiger partial charge in [0.2, 0.25) is 0 Å². The van der Waals surface area contributed by atoms with Crippen molar-refractivity contribution < 1.29 is 0 Å². The third-order valence-electron chi connectivity index (χ3n) is 3.85. The van der Waals surface area contributed by atoms with Crippen LogP contribution in [0.2, 0.25) is 0 Å². The number of rotatable bonds is 3. The molecular weight excluding hydrogens is 337 g/mol. The average molecular weight is 360 g/mol. The Morgan fingerprint density at radius 2 is 1.73 bits per heavy atom. The molecule has 3 rings (SSSR count). The highest BCUT2D eigenvalue weighted by Crippen LogP contribution is 2.27. The number of nitrogens with zero attached hydrogens (tertiary/aromatic N) is 2. The van der Waals surface area contributed by atoms with E-state index >= 15 is 0 Å². The van der Waals surface area contributed by atoms with Crippen LogP contribution < -0.4 is 5.32 Å². The fourth-order valence-electron chi connectivity index (χ4n) is 2.48. The highest BCUT2D eigenvalue weighted by atomic mass is 35.5. The van der Waals surface area contributed by atoms with E-state index in [9.17, 15) is 0 Å². The summed E-state index contributed by atoms with van der Waals surface area (Å²) in [4.78, 5) is 8.44. The first-order valence-electron chi connectivity index (χ1n) is 7.19. The standard InChI is InChI=1S/C16H21N3S.2ClH/c1-12-13(2)20-16(18-12)15-5-3-14(4-6-15)11-19-9-7-17-8-10-19;;/h3-6,17H,7-11H2,1-2H3;2*1H. The number of hydrogen-bond donors (Lipinski definition) is 1. The van der Waals surface area contributed by atoms with Crippen LogP contribution in [0.25, 0.3) is 10.6 Å². The number of aromatic nitrogens is 1. The van der Waals surface area contributed by atoms with Crippen LogP contribution in [0.5, 0.6) is 0 Å². The van der Waals surface area contributed by atoms with Gasteiger partial charge in [0.1, 0.15) is 5.01 Å². The van der Waals surface area contributed by atoms with Crippen molar-refractivity contribution in [2.24, 2.45) is 0 Å². The van der Waals surface area contributed by atoms with Crippen molar-refractivity contribution in [1.29, 1.82) is 0 Å². The summed E-state index contributed by atoms with van der Waals surface area (Å²) >= 11 is 1.78. The quantitative estimate of drug-likeness (QED) is 0.905. The Kier molecular flexibility index (Phi) is 7.80. The van der Waals surface area contributed by atoms with Gasteiger partial charge in [0.15, 0.2) is 0 Å². The lowest BCUT2D eigenvalue weighted by molar-refractivity contribution is 0.233. The predicted molar refractivity (Wildman–Crippen MR) is 99.7 cm³/mol. The Morgan fingerprint density at radius 3 is 2.27 bits per heavy atom. The van der Waals surface area contributed by atoms with Crippen LogP contribution in [0, 0.1) is 13.8 Å². The summed E-state index contributed by atoms with van der Waals surface area (Å²) in [6.45, 7) is 9.77. The van der Waals surface area contributed by atoms with E-state index in [4.69, 9.17) is 0 Å². The van der Waals surface area contributed by atoms with Crippen LogP contribution in [0.4, 0.5) is 0 Å². The van der Waals surface area contributed by atoms with E-state index in [1.165, 1.54) is 16.0 Å². The molecule has 0 aliphatic carbocycles. The maximum Gasteiger partial charge on any atom is 0.123 e. The van der Waals surface area contributed by atoms with Crippen LogP contribution in [0.15, 0.2) is 24.3 Å². The van der Waals surface area contributed by atoms with Crippen molar-refractivity contribution in [3.8, 4) is 10.6 Å². The Balaban J connectivity index is 0.00000121. The maximum atomic E-state index is 4.63. The first kappa shape index (κ1) is 19.4. The molecule has 0 bridgehead atoms. The van der Waals surface area contributed by atoms with Gasteiger partial charge in [-0.1, -0.05) is 24.3 Å². The van der Waals surface area contributed by atoms with Crippen molar-refractivity contribution in [3.63, 3.8) is 0 Å². The molecule has 1 N–H and O–H groups in total. The monoisotopic (exact) mass is 359 g/mol. The molecule has 1 aromatic heterocycles. The molecule has 1 aliphatic rings. The zero-order valence-electron chi connectivity index (χ0n) is 13.0. The molecule has 0 spiro atoms. The van der Waals surface area contributed by atoms with Crippen molar-refractivity contribution in [3.05, 3.63) is 40.4 Å². The summed E-state index contributed by atoms with van der Waals surface area (Å²) in [7, 11) is 0. The molecule has 122 valence electrons. The van der Waals surface area contributed by atoms with Gasteiger partial charge in [0.05, 0.1) is 5.69 Å². The van der Waals surface area contributed by atoms with E-state index in [0.717, 1.165) is 43.4 Å². The van der Waals surface area contributed by atoms with Gasteiger partial charge in [-0.15, -0.1) is 36.2 Å². The van der Waals surface area contributed by atoms with Gasteiger partial charge >= 0.3 is 0 Å². The smallest absolute Gasteiger partial charge is 0.123 e. The summed E-state index contributed by atoms with van der Waals surface area (Å²) in [5, 5.41) is 4.52. The minimum atomic E-state index is 0. The molecule has 1 aromatic carbocycles. The normalized spacial score (nSPS) is 15.0. The highest BCUT2D eigenvalue weighted by molar-refractivity contribution is 7.15. The molecule has 0 radical (unpaired) electrons. The molecule has 6 heteroatoms. The second-order valence-electron chi connectivity index (χ2n) is 5.38. The third kappa shape index (κ3) is 4.67. The molecule has 22 heavy (non-hydrogen) atoms. The second-order valence-corrected chi connectivity index (χ2v) is 6.59. The molecular formula is C16H23Cl2N3S. The van der Waals surface area contributed by atoms with Crippen molar-refractivity contribution in [1.82, 2.24) is 15.2 Å². The number of piperazine rings is 1. The van der Waals surface area contributed by atoms with Gasteiger partial charge in [-0.3, -0.25) is 4.90 Å². The van der Waals surface area contributed by atoms with E-state index in [1.54, 1.807) is 11.3 Å². The third-order valence-corrected chi connectivity index (χ3v) is 4.97. The fraction of sp³-hybridized carbons (Fsp3) is 0.438. The van der Waals surface area contributed by atoms with Crippen LogP contribution in [0.1, 0.15) is 16.1 Å². The summed E-state index contributed by atoms with van der Waals surface area (Å²) in [6.07, 6.45) is 0. The molecule has 2 heterocycles. The lowest BCUT2D eigenvalue weighted by Crippen LogP contribution is -2.42. The van der Waals surface area contributed by atoms with Crippen LogP contribution in [-0.4, -0.2) is 36.1 Å².